The summed E-state index contributed by atoms with van der Waals surface area (Å²) in [6.45, 7) is 11.5. The van der Waals surface area contributed by atoms with Crippen molar-refractivity contribution in [1.82, 2.24) is 5.32 Å². The Balaban J connectivity index is 2.16. The Morgan fingerprint density at radius 3 is 2.59 bits per heavy atom. The highest BCUT2D eigenvalue weighted by atomic mass is 32.1. The topological polar surface area (TPSA) is 15.3 Å². The lowest BCUT2D eigenvalue weighted by Crippen LogP contribution is -2.59. The van der Waals surface area contributed by atoms with Gasteiger partial charge in [-0.3, -0.25) is 0 Å². The van der Waals surface area contributed by atoms with E-state index in [1.54, 1.807) is 11.3 Å². The molecular formula is C14H24N2S. The zero-order valence-corrected chi connectivity index (χ0v) is 12.1. The third kappa shape index (κ3) is 2.83. The molecule has 1 aromatic heterocycles. The minimum atomic E-state index is 0.616. The molecule has 2 rings (SSSR count). The van der Waals surface area contributed by atoms with E-state index in [0.717, 1.165) is 13.1 Å². The molecule has 1 fully saturated rings. The first-order valence-corrected chi connectivity index (χ1v) is 7.56. The third-order valence-corrected chi connectivity index (χ3v) is 4.47. The van der Waals surface area contributed by atoms with Crippen molar-refractivity contribution in [2.24, 2.45) is 11.8 Å². The van der Waals surface area contributed by atoms with Crippen molar-refractivity contribution in [3.8, 4) is 0 Å². The predicted octanol–water partition coefficient (Wildman–Crippen LogP) is 3.21. The molecule has 1 N–H and O–H groups in total. The summed E-state index contributed by atoms with van der Waals surface area (Å²) < 4.78 is 0. The minimum absolute atomic E-state index is 0.616. The zero-order valence-electron chi connectivity index (χ0n) is 11.3. The molecule has 1 aliphatic rings. The van der Waals surface area contributed by atoms with E-state index >= 15 is 0 Å². The highest BCUT2D eigenvalue weighted by Gasteiger charge is 2.31. The van der Waals surface area contributed by atoms with Crippen molar-refractivity contribution in [2.75, 3.05) is 18.0 Å². The largest absolute Gasteiger partial charge is 0.365 e. The van der Waals surface area contributed by atoms with Gasteiger partial charge in [-0.25, -0.2) is 0 Å². The molecule has 2 unspecified atom stereocenters. The van der Waals surface area contributed by atoms with Gasteiger partial charge in [-0.05, 0) is 23.3 Å². The van der Waals surface area contributed by atoms with Gasteiger partial charge in [0.25, 0.3) is 0 Å². The van der Waals surface area contributed by atoms with Crippen molar-refractivity contribution in [2.45, 2.75) is 39.8 Å². The molecule has 2 nitrogen and oxygen atoms in total. The summed E-state index contributed by atoms with van der Waals surface area (Å²) >= 11 is 1.79. The van der Waals surface area contributed by atoms with Crippen LogP contribution in [0.25, 0.3) is 0 Å². The van der Waals surface area contributed by atoms with Gasteiger partial charge in [-0.2, -0.15) is 11.3 Å². The Morgan fingerprint density at radius 1 is 1.29 bits per heavy atom. The molecule has 0 aromatic carbocycles. The number of thiophene rings is 1. The first kappa shape index (κ1) is 12.9. The van der Waals surface area contributed by atoms with Crippen LogP contribution in [0.4, 0.5) is 5.69 Å². The van der Waals surface area contributed by atoms with Crippen LogP contribution in [-0.2, 0) is 0 Å². The molecule has 0 bridgehead atoms. The molecule has 1 aliphatic heterocycles. The maximum Gasteiger partial charge on any atom is 0.0478 e. The summed E-state index contributed by atoms with van der Waals surface area (Å²) in [5.41, 5.74) is 1.40. The van der Waals surface area contributed by atoms with Gasteiger partial charge in [0, 0.05) is 36.2 Å². The van der Waals surface area contributed by atoms with E-state index in [2.05, 4.69) is 54.7 Å². The first-order chi connectivity index (χ1) is 8.09. The maximum atomic E-state index is 3.70. The number of nitrogens with one attached hydrogen (secondary N) is 1. The van der Waals surface area contributed by atoms with Gasteiger partial charge in [0.15, 0.2) is 0 Å². The Labute approximate surface area is 109 Å². The molecule has 2 atom stereocenters. The lowest BCUT2D eigenvalue weighted by atomic mass is 9.94. The molecule has 0 radical (unpaired) electrons. The van der Waals surface area contributed by atoms with E-state index in [1.165, 1.54) is 5.69 Å². The average molecular weight is 252 g/mol. The second-order valence-corrected chi connectivity index (χ2v) is 6.48. The SMILES string of the molecule is CC(C)C1CN(c2ccsc2)C(C(C)C)CN1. The number of anilines is 1. The lowest BCUT2D eigenvalue weighted by Gasteiger charge is -2.44. The second-order valence-electron chi connectivity index (χ2n) is 5.70. The molecule has 1 saturated heterocycles. The molecule has 1 aromatic rings. The fourth-order valence-electron chi connectivity index (χ4n) is 2.55. The fourth-order valence-corrected chi connectivity index (χ4v) is 3.20. The van der Waals surface area contributed by atoms with Crippen molar-refractivity contribution >= 4 is 17.0 Å². The Morgan fingerprint density at radius 2 is 2.06 bits per heavy atom. The average Bonchev–Trinajstić information content (AvgIpc) is 2.81. The Kier molecular flexibility index (Phi) is 4.10. The number of rotatable bonds is 3. The van der Waals surface area contributed by atoms with E-state index in [4.69, 9.17) is 0 Å². The molecule has 0 spiro atoms. The molecule has 17 heavy (non-hydrogen) atoms. The fraction of sp³-hybridized carbons (Fsp3) is 0.714. The molecule has 96 valence electrons. The summed E-state index contributed by atoms with van der Waals surface area (Å²) in [6.07, 6.45) is 0. The Hall–Kier alpha value is -0.540. The van der Waals surface area contributed by atoms with Crippen LogP contribution in [-0.4, -0.2) is 25.2 Å². The van der Waals surface area contributed by atoms with Crippen LogP contribution in [0.1, 0.15) is 27.7 Å². The summed E-state index contributed by atoms with van der Waals surface area (Å²) in [5.74, 6) is 1.39. The molecule has 3 heteroatoms. The van der Waals surface area contributed by atoms with E-state index < -0.39 is 0 Å². The number of hydrogen-bond acceptors (Lipinski definition) is 3. The van der Waals surface area contributed by atoms with Gasteiger partial charge in [0.1, 0.15) is 0 Å². The second kappa shape index (κ2) is 5.40. The van der Waals surface area contributed by atoms with Crippen molar-refractivity contribution in [3.05, 3.63) is 16.8 Å². The van der Waals surface area contributed by atoms with Crippen molar-refractivity contribution < 1.29 is 0 Å². The van der Waals surface area contributed by atoms with Crippen LogP contribution in [0.5, 0.6) is 0 Å². The molecule has 0 saturated carbocycles. The van der Waals surface area contributed by atoms with Gasteiger partial charge >= 0.3 is 0 Å². The molecule has 0 aliphatic carbocycles. The standard InChI is InChI=1S/C14H24N2S/c1-10(2)13-8-16(12-5-6-17-9-12)14(7-15-13)11(3)4/h5-6,9-11,13-15H,7-8H2,1-4H3. The number of hydrogen-bond donors (Lipinski definition) is 1. The van der Waals surface area contributed by atoms with E-state index in [0.29, 0.717) is 23.9 Å². The van der Waals surface area contributed by atoms with E-state index in [1.807, 2.05) is 0 Å². The van der Waals surface area contributed by atoms with Crippen molar-refractivity contribution in [1.29, 1.82) is 0 Å². The van der Waals surface area contributed by atoms with Crippen LogP contribution in [0.15, 0.2) is 16.8 Å². The monoisotopic (exact) mass is 252 g/mol. The molecular weight excluding hydrogens is 228 g/mol. The summed E-state index contributed by atoms with van der Waals surface area (Å²) in [5, 5.41) is 8.16. The highest BCUT2D eigenvalue weighted by molar-refractivity contribution is 7.08. The van der Waals surface area contributed by atoms with Gasteiger partial charge in [-0.1, -0.05) is 27.7 Å². The van der Waals surface area contributed by atoms with Crippen LogP contribution in [0.2, 0.25) is 0 Å². The van der Waals surface area contributed by atoms with Crippen LogP contribution >= 0.6 is 11.3 Å². The molecule has 2 heterocycles. The van der Waals surface area contributed by atoms with Crippen molar-refractivity contribution in [3.63, 3.8) is 0 Å². The number of nitrogens with zero attached hydrogens (tertiary/aromatic N) is 1. The lowest BCUT2D eigenvalue weighted by molar-refractivity contribution is 0.295. The van der Waals surface area contributed by atoms with Crippen LogP contribution in [0.3, 0.4) is 0 Å². The molecule has 0 amide bonds. The van der Waals surface area contributed by atoms with Gasteiger partial charge in [0.2, 0.25) is 0 Å². The quantitative estimate of drug-likeness (QED) is 0.888. The summed E-state index contributed by atoms with van der Waals surface area (Å²) in [6, 6.07) is 3.49. The third-order valence-electron chi connectivity index (χ3n) is 3.79. The minimum Gasteiger partial charge on any atom is -0.365 e. The van der Waals surface area contributed by atoms with Gasteiger partial charge < -0.3 is 10.2 Å². The zero-order chi connectivity index (χ0) is 12.4. The summed E-state index contributed by atoms with van der Waals surface area (Å²) in [7, 11) is 0. The van der Waals surface area contributed by atoms with E-state index in [9.17, 15) is 0 Å². The Bertz CT molecular complexity index is 332. The van der Waals surface area contributed by atoms with Crippen LogP contribution < -0.4 is 10.2 Å². The van der Waals surface area contributed by atoms with Crippen LogP contribution in [0, 0.1) is 11.8 Å². The number of piperazine rings is 1. The first-order valence-electron chi connectivity index (χ1n) is 6.61. The van der Waals surface area contributed by atoms with E-state index in [-0.39, 0.29) is 0 Å². The normalized spacial score (nSPS) is 25.9. The summed E-state index contributed by atoms with van der Waals surface area (Å²) in [4.78, 5) is 2.60. The maximum absolute atomic E-state index is 3.70. The highest BCUT2D eigenvalue weighted by Crippen LogP contribution is 2.27. The van der Waals surface area contributed by atoms with Gasteiger partial charge in [-0.15, -0.1) is 0 Å². The smallest absolute Gasteiger partial charge is 0.0478 e. The van der Waals surface area contributed by atoms with Gasteiger partial charge in [0.05, 0.1) is 0 Å². The predicted molar refractivity (Wildman–Crippen MR) is 76.9 cm³/mol.